The van der Waals surface area contributed by atoms with Crippen LogP contribution in [0.2, 0.25) is 0 Å². The van der Waals surface area contributed by atoms with E-state index in [1.54, 1.807) is 6.92 Å². The van der Waals surface area contributed by atoms with Gasteiger partial charge in [0.2, 0.25) is 5.95 Å². The molecule has 0 saturated carbocycles. The lowest BCUT2D eigenvalue weighted by atomic mass is 10.5. The number of anilines is 1. The quantitative estimate of drug-likeness (QED) is 0.623. The highest BCUT2D eigenvalue weighted by molar-refractivity contribution is 7.90. The Balaban J connectivity index is 2.58. The molecule has 0 unspecified atom stereocenters. The third kappa shape index (κ3) is 4.03. The molecule has 0 aromatic carbocycles. The van der Waals surface area contributed by atoms with Crippen molar-refractivity contribution in [3.05, 3.63) is 0 Å². The molecule has 0 saturated heterocycles. The molecule has 8 nitrogen and oxygen atoms in total. The SMILES string of the molecule is CCCNS(=O)(=O)Nc1nc(OCC)n[nH]1. The third-order valence-electron chi connectivity index (χ3n) is 1.51. The first-order valence-electron chi connectivity index (χ1n) is 4.90. The number of rotatable bonds is 7. The van der Waals surface area contributed by atoms with E-state index in [0.717, 1.165) is 0 Å². The summed E-state index contributed by atoms with van der Waals surface area (Å²) in [5.41, 5.74) is 0. The van der Waals surface area contributed by atoms with Gasteiger partial charge in [-0.15, -0.1) is 5.10 Å². The van der Waals surface area contributed by atoms with Crippen LogP contribution in [0.25, 0.3) is 0 Å². The van der Waals surface area contributed by atoms with Crippen molar-refractivity contribution in [1.82, 2.24) is 19.9 Å². The van der Waals surface area contributed by atoms with E-state index >= 15 is 0 Å². The van der Waals surface area contributed by atoms with Gasteiger partial charge in [0, 0.05) is 6.54 Å². The van der Waals surface area contributed by atoms with Crippen molar-refractivity contribution in [3.63, 3.8) is 0 Å². The Bertz CT molecular complexity index is 415. The van der Waals surface area contributed by atoms with Crippen LogP contribution in [0.15, 0.2) is 0 Å². The summed E-state index contributed by atoms with van der Waals surface area (Å²) < 4.78 is 32.2. The molecule has 0 spiro atoms. The first-order valence-corrected chi connectivity index (χ1v) is 6.38. The zero-order chi connectivity index (χ0) is 12.0. The van der Waals surface area contributed by atoms with Gasteiger partial charge in [0.1, 0.15) is 0 Å². The Morgan fingerprint density at radius 3 is 2.81 bits per heavy atom. The smallest absolute Gasteiger partial charge is 0.337 e. The largest absolute Gasteiger partial charge is 0.463 e. The van der Waals surface area contributed by atoms with E-state index in [-0.39, 0.29) is 12.0 Å². The van der Waals surface area contributed by atoms with E-state index in [1.807, 2.05) is 6.92 Å². The molecule has 1 aromatic heterocycles. The van der Waals surface area contributed by atoms with Crippen molar-refractivity contribution in [3.8, 4) is 6.01 Å². The molecular weight excluding hydrogens is 234 g/mol. The topological polar surface area (TPSA) is 109 Å². The molecule has 0 aliphatic carbocycles. The Morgan fingerprint density at radius 2 is 2.19 bits per heavy atom. The Labute approximate surface area is 94.0 Å². The fraction of sp³-hybridized carbons (Fsp3) is 0.714. The molecule has 16 heavy (non-hydrogen) atoms. The molecule has 0 radical (unpaired) electrons. The zero-order valence-corrected chi connectivity index (χ0v) is 9.97. The molecule has 1 heterocycles. The first-order chi connectivity index (χ1) is 7.57. The average molecular weight is 249 g/mol. The molecule has 0 aliphatic heterocycles. The second kappa shape index (κ2) is 5.66. The molecule has 0 aliphatic rings. The minimum absolute atomic E-state index is 0.0204. The highest BCUT2D eigenvalue weighted by Crippen LogP contribution is 2.06. The molecule has 0 atom stereocenters. The Morgan fingerprint density at radius 1 is 1.44 bits per heavy atom. The molecule has 1 rings (SSSR count). The number of ether oxygens (including phenoxy) is 1. The van der Waals surface area contributed by atoms with Crippen LogP contribution in [0, 0.1) is 0 Å². The molecule has 1 aromatic rings. The van der Waals surface area contributed by atoms with Gasteiger partial charge in [0.15, 0.2) is 0 Å². The van der Waals surface area contributed by atoms with Gasteiger partial charge < -0.3 is 4.74 Å². The minimum Gasteiger partial charge on any atom is -0.463 e. The van der Waals surface area contributed by atoms with Gasteiger partial charge in [-0.1, -0.05) is 6.92 Å². The maximum atomic E-state index is 11.4. The lowest BCUT2D eigenvalue weighted by Gasteiger charge is -2.04. The van der Waals surface area contributed by atoms with Crippen LogP contribution in [-0.4, -0.2) is 36.8 Å². The van der Waals surface area contributed by atoms with E-state index < -0.39 is 10.2 Å². The van der Waals surface area contributed by atoms with Gasteiger partial charge in [0.25, 0.3) is 0 Å². The maximum absolute atomic E-state index is 11.4. The Kier molecular flexibility index (Phi) is 4.50. The molecular formula is C7H15N5O3S. The van der Waals surface area contributed by atoms with Gasteiger partial charge in [-0.3, -0.25) is 0 Å². The molecule has 3 N–H and O–H groups in total. The van der Waals surface area contributed by atoms with Crippen LogP contribution in [0.4, 0.5) is 5.95 Å². The number of aromatic amines is 1. The second-order valence-corrected chi connectivity index (χ2v) is 4.40. The van der Waals surface area contributed by atoms with Crippen LogP contribution in [-0.2, 0) is 10.2 Å². The number of H-pyrrole nitrogens is 1. The van der Waals surface area contributed by atoms with Crippen LogP contribution in [0.5, 0.6) is 6.01 Å². The first kappa shape index (κ1) is 12.7. The number of hydrogen-bond acceptors (Lipinski definition) is 5. The van der Waals surface area contributed by atoms with Gasteiger partial charge in [-0.2, -0.15) is 18.1 Å². The Hall–Kier alpha value is -1.35. The monoisotopic (exact) mass is 249 g/mol. The van der Waals surface area contributed by atoms with Crippen LogP contribution in [0.3, 0.4) is 0 Å². The minimum atomic E-state index is -3.59. The highest BCUT2D eigenvalue weighted by Gasteiger charge is 2.12. The maximum Gasteiger partial charge on any atom is 0.337 e. The van der Waals surface area contributed by atoms with Crippen molar-refractivity contribution < 1.29 is 13.2 Å². The lowest BCUT2D eigenvalue weighted by molar-refractivity contribution is 0.314. The van der Waals surface area contributed by atoms with E-state index in [2.05, 4.69) is 24.6 Å². The van der Waals surface area contributed by atoms with Crippen molar-refractivity contribution in [2.24, 2.45) is 0 Å². The summed E-state index contributed by atoms with van der Waals surface area (Å²) in [6.45, 7) is 4.42. The molecule has 0 bridgehead atoms. The summed E-state index contributed by atoms with van der Waals surface area (Å²) in [5.74, 6) is 0.0204. The van der Waals surface area contributed by atoms with E-state index in [4.69, 9.17) is 4.74 Å². The number of aromatic nitrogens is 3. The summed E-state index contributed by atoms with van der Waals surface area (Å²) >= 11 is 0. The fourth-order valence-electron chi connectivity index (χ4n) is 0.885. The molecule has 0 fully saturated rings. The van der Waals surface area contributed by atoms with Crippen LogP contribution >= 0.6 is 0 Å². The lowest BCUT2D eigenvalue weighted by Crippen LogP contribution is -2.31. The standard InChI is InChI=1S/C7H15N5O3S/c1-3-5-8-16(13,14)12-6-9-7(11-10-6)15-4-2/h8H,3-5H2,1-2H3,(H2,9,10,11,12). The number of nitrogens with one attached hydrogen (secondary N) is 3. The summed E-state index contributed by atoms with van der Waals surface area (Å²) in [5, 5.41) is 6.06. The number of nitrogens with zero attached hydrogens (tertiary/aromatic N) is 2. The highest BCUT2D eigenvalue weighted by atomic mass is 32.2. The summed E-state index contributed by atoms with van der Waals surface area (Å²) in [4.78, 5) is 3.77. The fourth-order valence-corrected chi connectivity index (χ4v) is 1.78. The van der Waals surface area contributed by atoms with E-state index in [0.29, 0.717) is 19.6 Å². The van der Waals surface area contributed by atoms with Gasteiger partial charge in [0.05, 0.1) is 6.61 Å². The van der Waals surface area contributed by atoms with Crippen molar-refractivity contribution >= 4 is 16.2 Å². The molecule has 92 valence electrons. The summed E-state index contributed by atoms with van der Waals surface area (Å²) in [6, 6.07) is 0.107. The zero-order valence-electron chi connectivity index (χ0n) is 9.15. The summed E-state index contributed by atoms with van der Waals surface area (Å²) in [7, 11) is -3.59. The van der Waals surface area contributed by atoms with Crippen molar-refractivity contribution in [2.45, 2.75) is 20.3 Å². The van der Waals surface area contributed by atoms with Crippen LogP contribution in [0.1, 0.15) is 20.3 Å². The third-order valence-corrected chi connectivity index (χ3v) is 2.56. The second-order valence-electron chi connectivity index (χ2n) is 2.90. The van der Waals surface area contributed by atoms with E-state index in [1.165, 1.54) is 0 Å². The summed E-state index contributed by atoms with van der Waals surface area (Å²) in [6.07, 6.45) is 0.710. The van der Waals surface area contributed by atoms with Crippen molar-refractivity contribution in [2.75, 3.05) is 17.9 Å². The van der Waals surface area contributed by atoms with Gasteiger partial charge in [-0.25, -0.2) is 9.82 Å². The van der Waals surface area contributed by atoms with E-state index in [9.17, 15) is 8.42 Å². The van der Waals surface area contributed by atoms with Gasteiger partial charge >= 0.3 is 16.2 Å². The average Bonchev–Trinajstić information content (AvgIpc) is 2.62. The van der Waals surface area contributed by atoms with Crippen molar-refractivity contribution in [1.29, 1.82) is 0 Å². The van der Waals surface area contributed by atoms with Crippen LogP contribution < -0.4 is 14.2 Å². The predicted octanol–water partition coefficient (Wildman–Crippen LogP) is -0.140. The molecule has 0 amide bonds. The predicted molar refractivity (Wildman–Crippen MR) is 58.4 cm³/mol. The number of hydrogen-bond donors (Lipinski definition) is 3. The van der Waals surface area contributed by atoms with Gasteiger partial charge in [-0.05, 0) is 13.3 Å². The normalized spacial score (nSPS) is 11.4. The molecule has 9 heteroatoms.